The van der Waals surface area contributed by atoms with Crippen molar-refractivity contribution in [3.63, 3.8) is 0 Å². The molecular formula is C17H19N5O. The van der Waals surface area contributed by atoms with Crippen LogP contribution in [0.4, 0.5) is 0 Å². The molecule has 0 bridgehead atoms. The molecule has 1 atom stereocenters. The van der Waals surface area contributed by atoms with Crippen molar-refractivity contribution in [3.8, 4) is 0 Å². The lowest BCUT2D eigenvalue weighted by atomic mass is 10.0. The summed E-state index contributed by atoms with van der Waals surface area (Å²) in [5.41, 5.74) is 0.446. The van der Waals surface area contributed by atoms with Crippen LogP contribution in [0.3, 0.4) is 0 Å². The molecule has 0 spiro atoms. The van der Waals surface area contributed by atoms with Gasteiger partial charge in [0.1, 0.15) is 5.69 Å². The quantitative estimate of drug-likeness (QED) is 0.785. The van der Waals surface area contributed by atoms with Crippen LogP contribution in [0, 0.1) is 5.92 Å². The van der Waals surface area contributed by atoms with E-state index in [2.05, 4.69) is 34.3 Å². The van der Waals surface area contributed by atoms with Crippen molar-refractivity contribution in [1.82, 2.24) is 25.3 Å². The molecule has 6 nitrogen and oxygen atoms in total. The Morgan fingerprint density at radius 3 is 2.61 bits per heavy atom. The first-order valence-corrected chi connectivity index (χ1v) is 7.64. The maximum absolute atomic E-state index is 12.7. The monoisotopic (exact) mass is 309 g/mol. The summed E-state index contributed by atoms with van der Waals surface area (Å²) >= 11 is 0. The first kappa shape index (κ1) is 15.1. The average Bonchev–Trinajstić information content (AvgIpc) is 3.06. The summed E-state index contributed by atoms with van der Waals surface area (Å²) in [5.74, 6) is 0.0765. The van der Waals surface area contributed by atoms with Crippen LogP contribution in [-0.2, 0) is 6.54 Å². The number of hydrogen-bond donors (Lipinski definition) is 1. The number of nitrogens with zero attached hydrogens (tertiary/aromatic N) is 4. The summed E-state index contributed by atoms with van der Waals surface area (Å²) in [4.78, 5) is 18.5. The van der Waals surface area contributed by atoms with Gasteiger partial charge in [-0.1, -0.05) is 38.1 Å². The maximum Gasteiger partial charge on any atom is 0.270 e. The molecule has 0 saturated carbocycles. The zero-order valence-electron chi connectivity index (χ0n) is 13.2. The molecule has 0 saturated heterocycles. The number of rotatable bonds is 5. The molecule has 2 heterocycles. The highest BCUT2D eigenvalue weighted by atomic mass is 16.2. The summed E-state index contributed by atoms with van der Waals surface area (Å²) in [6.07, 6.45) is 4.92. The first-order chi connectivity index (χ1) is 11.1. The normalized spacial score (nSPS) is 12.5. The molecule has 0 aliphatic carbocycles. The van der Waals surface area contributed by atoms with E-state index in [1.165, 1.54) is 0 Å². The minimum Gasteiger partial charge on any atom is -0.346 e. The summed E-state index contributed by atoms with van der Waals surface area (Å²) in [6, 6.07) is 9.58. The lowest BCUT2D eigenvalue weighted by Gasteiger charge is -2.21. The minimum absolute atomic E-state index is 0.0735. The lowest BCUT2D eigenvalue weighted by molar-refractivity contribution is 0.0914. The molecule has 0 fully saturated rings. The summed E-state index contributed by atoms with van der Waals surface area (Å²) in [5, 5.41) is 13.1. The molecule has 0 aliphatic heterocycles. The fraction of sp³-hybridized carbons (Fsp3) is 0.294. The molecule has 23 heavy (non-hydrogen) atoms. The van der Waals surface area contributed by atoms with Crippen molar-refractivity contribution in [1.29, 1.82) is 0 Å². The number of fused-ring (bicyclic) bond motifs is 1. The van der Waals surface area contributed by atoms with E-state index >= 15 is 0 Å². The van der Waals surface area contributed by atoms with E-state index in [9.17, 15) is 4.79 Å². The van der Waals surface area contributed by atoms with E-state index < -0.39 is 0 Å². The van der Waals surface area contributed by atoms with Gasteiger partial charge in [-0.3, -0.25) is 9.78 Å². The average molecular weight is 309 g/mol. The van der Waals surface area contributed by atoms with E-state index in [0.29, 0.717) is 12.2 Å². The molecule has 2 aromatic heterocycles. The van der Waals surface area contributed by atoms with Crippen LogP contribution >= 0.6 is 0 Å². The Morgan fingerprint density at radius 1 is 1.13 bits per heavy atom. The van der Waals surface area contributed by atoms with E-state index in [-0.39, 0.29) is 17.9 Å². The van der Waals surface area contributed by atoms with Crippen LogP contribution in [0.15, 0.2) is 48.9 Å². The van der Waals surface area contributed by atoms with Crippen LogP contribution in [0.25, 0.3) is 10.8 Å². The van der Waals surface area contributed by atoms with Gasteiger partial charge in [-0.15, -0.1) is 0 Å². The van der Waals surface area contributed by atoms with Gasteiger partial charge >= 0.3 is 0 Å². The van der Waals surface area contributed by atoms with Crippen molar-refractivity contribution in [3.05, 3.63) is 54.6 Å². The Kier molecular flexibility index (Phi) is 4.32. The van der Waals surface area contributed by atoms with E-state index in [4.69, 9.17) is 0 Å². The third-order valence-electron chi connectivity index (χ3n) is 3.84. The van der Waals surface area contributed by atoms with Crippen LogP contribution in [0.2, 0.25) is 0 Å². The second-order valence-electron chi connectivity index (χ2n) is 5.79. The molecule has 1 amide bonds. The summed E-state index contributed by atoms with van der Waals surface area (Å²) in [6.45, 7) is 4.65. The second kappa shape index (κ2) is 6.56. The van der Waals surface area contributed by atoms with Gasteiger partial charge in [-0.2, -0.15) is 15.0 Å². The molecule has 3 rings (SSSR count). The van der Waals surface area contributed by atoms with Crippen LogP contribution in [-0.4, -0.2) is 31.9 Å². The smallest absolute Gasteiger partial charge is 0.270 e. The molecule has 0 radical (unpaired) electrons. The topological polar surface area (TPSA) is 72.7 Å². The van der Waals surface area contributed by atoms with Gasteiger partial charge in [0.2, 0.25) is 0 Å². The molecular weight excluding hydrogens is 290 g/mol. The summed E-state index contributed by atoms with van der Waals surface area (Å²) in [7, 11) is 0. The highest BCUT2D eigenvalue weighted by Gasteiger charge is 2.20. The Labute approximate surface area is 134 Å². The van der Waals surface area contributed by atoms with Crippen molar-refractivity contribution >= 4 is 16.7 Å². The summed E-state index contributed by atoms with van der Waals surface area (Å²) < 4.78 is 0. The predicted octanol–water partition coefficient (Wildman–Crippen LogP) is 2.28. The van der Waals surface area contributed by atoms with E-state index in [0.717, 1.165) is 10.8 Å². The number of hydrogen-bond acceptors (Lipinski definition) is 4. The third-order valence-corrected chi connectivity index (χ3v) is 3.84. The number of pyridine rings is 1. The highest BCUT2D eigenvalue weighted by Crippen LogP contribution is 2.16. The Balaban J connectivity index is 1.83. The number of amides is 1. The van der Waals surface area contributed by atoms with Crippen LogP contribution in [0.5, 0.6) is 0 Å². The van der Waals surface area contributed by atoms with Gasteiger partial charge < -0.3 is 5.32 Å². The Bertz CT molecular complexity index is 792. The van der Waals surface area contributed by atoms with E-state index in [1.807, 2.05) is 30.3 Å². The largest absolute Gasteiger partial charge is 0.346 e. The minimum atomic E-state index is -0.173. The number of carbonyl (C=O) groups excluding carboxylic acids is 1. The SMILES string of the molecule is CC(C)C(Cn1nccn1)NC(=O)c1nccc2ccccc12. The number of aromatic nitrogens is 4. The molecule has 1 unspecified atom stereocenters. The predicted molar refractivity (Wildman–Crippen MR) is 87.9 cm³/mol. The van der Waals surface area contributed by atoms with Gasteiger partial charge in [0.25, 0.3) is 5.91 Å². The van der Waals surface area contributed by atoms with Crippen molar-refractivity contribution in [2.24, 2.45) is 5.92 Å². The molecule has 3 aromatic rings. The van der Waals surface area contributed by atoms with Crippen molar-refractivity contribution in [2.75, 3.05) is 0 Å². The number of benzene rings is 1. The van der Waals surface area contributed by atoms with Gasteiger partial charge in [0.05, 0.1) is 25.0 Å². The first-order valence-electron chi connectivity index (χ1n) is 7.64. The van der Waals surface area contributed by atoms with Crippen molar-refractivity contribution in [2.45, 2.75) is 26.4 Å². The standard InChI is InChI=1S/C17H19N5O/c1-12(2)15(11-22-19-9-10-20-22)21-17(23)16-14-6-4-3-5-13(14)7-8-18-16/h3-10,12,15H,11H2,1-2H3,(H,21,23). The van der Waals surface area contributed by atoms with Gasteiger partial charge in [0.15, 0.2) is 0 Å². The Morgan fingerprint density at radius 2 is 1.87 bits per heavy atom. The lowest BCUT2D eigenvalue weighted by Crippen LogP contribution is -2.42. The van der Waals surface area contributed by atoms with Crippen LogP contribution in [0.1, 0.15) is 24.3 Å². The molecule has 1 aromatic carbocycles. The molecule has 0 aliphatic rings. The number of carbonyl (C=O) groups is 1. The molecule has 1 N–H and O–H groups in total. The number of nitrogens with one attached hydrogen (secondary N) is 1. The maximum atomic E-state index is 12.7. The zero-order chi connectivity index (χ0) is 16.2. The fourth-order valence-corrected chi connectivity index (χ4v) is 2.47. The third kappa shape index (κ3) is 3.36. The fourth-order valence-electron chi connectivity index (χ4n) is 2.47. The van der Waals surface area contributed by atoms with Crippen molar-refractivity contribution < 1.29 is 4.79 Å². The molecule has 118 valence electrons. The zero-order valence-corrected chi connectivity index (χ0v) is 13.2. The Hall–Kier alpha value is -2.76. The van der Waals surface area contributed by atoms with Gasteiger partial charge in [-0.25, -0.2) is 0 Å². The second-order valence-corrected chi connectivity index (χ2v) is 5.79. The van der Waals surface area contributed by atoms with Gasteiger partial charge in [0, 0.05) is 11.6 Å². The highest BCUT2D eigenvalue weighted by molar-refractivity contribution is 6.05. The van der Waals surface area contributed by atoms with Crippen LogP contribution < -0.4 is 5.32 Å². The molecule has 6 heteroatoms. The van der Waals surface area contributed by atoms with E-state index in [1.54, 1.807) is 23.4 Å². The van der Waals surface area contributed by atoms with Gasteiger partial charge in [-0.05, 0) is 17.4 Å².